The Morgan fingerprint density at radius 3 is 2.39 bits per heavy atom. The van der Waals surface area contributed by atoms with Crippen LogP contribution in [0.3, 0.4) is 0 Å². The molecule has 0 atom stereocenters. The summed E-state index contributed by atoms with van der Waals surface area (Å²) in [5, 5.41) is 6.19. The minimum atomic E-state index is -4.42. The van der Waals surface area contributed by atoms with E-state index in [2.05, 4.69) is 20.6 Å². The third kappa shape index (κ3) is 6.98. The van der Waals surface area contributed by atoms with Crippen LogP contribution in [0, 0.1) is 0 Å². The van der Waals surface area contributed by atoms with Crippen LogP contribution in [0.2, 0.25) is 0 Å². The van der Waals surface area contributed by atoms with Crippen LogP contribution in [0.25, 0.3) is 0 Å². The van der Waals surface area contributed by atoms with Gasteiger partial charge >= 0.3 is 6.18 Å². The average molecular weight is 396 g/mol. The van der Waals surface area contributed by atoms with E-state index in [-0.39, 0.29) is 12.4 Å². The molecule has 2 N–H and O–H groups in total. The zero-order valence-corrected chi connectivity index (χ0v) is 15.7. The van der Waals surface area contributed by atoms with Gasteiger partial charge in [-0.25, -0.2) is 4.98 Å². The fourth-order valence-electron chi connectivity index (χ4n) is 2.36. The lowest BCUT2D eigenvalue weighted by Gasteiger charge is -2.16. The molecule has 0 bridgehead atoms. The smallest absolute Gasteiger partial charge is 0.422 e. The molecule has 0 fully saturated rings. The number of rotatable bonds is 8. The van der Waals surface area contributed by atoms with Gasteiger partial charge in [-0.1, -0.05) is 24.3 Å². The predicted octanol–water partition coefficient (Wildman–Crippen LogP) is 3.29. The molecular formula is C19H23F3N4O2. The summed E-state index contributed by atoms with van der Waals surface area (Å²) in [6, 6.07) is 10.9. The maximum atomic E-state index is 12.4. The first-order valence-electron chi connectivity index (χ1n) is 8.71. The summed E-state index contributed by atoms with van der Waals surface area (Å²) in [6.45, 7) is 1.76. The Bertz CT molecular complexity index is 782. The van der Waals surface area contributed by atoms with Crippen molar-refractivity contribution in [2.75, 3.05) is 20.3 Å². The largest absolute Gasteiger partial charge is 0.494 e. The number of guanidine groups is 1. The number of aliphatic imine (C=N–C) groups is 1. The lowest BCUT2D eigenvalue weighted by Crippen LogP contribution is -2.36. The summed E-state index contributed by atoms with van der Waals surface area (Å²) >= 11 is 0. The Morgan fingerprint density at radius 1 is 1.04 bits per heavy atom. The van der Waals surface area contributed by atoms with Crippen LogP contribution in [-0.4, -0.2) is 37.4 Å². The molecule has 28 heavy (non-hydrogen) atoms. The number of halogens is 3. The number of aromatic nitrogens is 1. The van der Waals surface area contributed by atoms with Crippen molar-refractivity contribution in [3.05, 3.63) is 53.7 Å². The highest BCUT2D eigenvalue weighted by molar-refractivity contribution is 5.79. The van der Waals surface area contributed by atoms with E-state index in [4.69, 9.17) is 9.47 Å². The SMILES string of the molecule is CCOc1ccccc1CNC(=NC)NCc1cccnc1OCC(F)(F)F. The van der Waals surface area contributed by atoms with E-state index in [0.717, 1.165) is 11.3 Å². The van der Waals surface area contributed by atoms with Crippen LogP contribution >= 0.6 is 0 Å². The van der Waals surface area contributed by atoms with Gasteiger partial charge in [0.15, 0.2) is 12.6 Å². The van der Waals surface area contributed by atoms with Crippen molar-refractivity contribution in [1.82, 2.24) is 15.6 Å². The zero-order chi connectivity index (χ0) is 20.4. The summed E-state index contributed by atoms with van der Waals surface area (Å²) in [5.74, 6) is 1.20. The molecule has 152 valence electrons. The lowest BCUT2D eigenvalue weighted by atomic mass is 10.2. The molecule has 0 saturated carbocycles. The van der Waals surface area contributed by atoms with Gasteiger partial charge in [0.05, 0.1) is 6.61 Å². The Kier molecular flexibility index (Phi) is 7.91. The highest BCUT2D eigenvalue weighted by atomic mass is 19.4. The first-order chi connectivity index (χ1) is 13.4. The number of nitrogens with one attached hydrogen (secondary N) is 2. The quantitative estimate of drug-likeness (QED) is 0.530. The highest BCUT2D eigenvalue weighted by Crippen LogP contribution is 2.20. The van der Waals surface area contributed by atoms with E-state index in [1.54, 1.807) is 19.2 Å². The molecule has 0 aliphatic rings. The van der Waals surface area contributed by atoms with E-state index in [0.29, 0.717) is 24.7 Å². The molecule has 0 unspecified atom stereocenters. The molecule has 1 aromatic heterocycles. The second-order valence-electron chi connectivity index (χ2n) is 5.69. The molecule has 2 aromatic rings. The minimum Gasteiger partial charge on any atom is -0.494 e. The topological polar surface area (TPSA) is 67.8 Å². The molecule has 0 aliphatic carbocycles. The Balaban J connectivity index is 1.94. The molecule has 0 spiro atoms. The van der Waals surface area contributed by atoms with Crippen molar-refractivity contribution in [3.63, 3.8) is 0 Å². The molecule has 2 rings (SSSR count). The summed E-state index contributed by atoms with van der Waals surface area (Å²) in [5.41, 5.74) is 1.45. The molecule has 1 heterocycles. The monoisotopic (exact) mass is 396 g/mol. The minimum absolute atomic E-state index is 0.0653. The van der Waals surface area contributed by atoms with Gasteiger partial charge in [0.25, 0.3) is 0 Å². The van der Waals surface area contributed by atoms with Crippen molar-refractivity contribution in [2.45, 2.75) is 26.2 Å². The van der Waals surface area contributed by atoms with Crippen LogP contribution < -0.4 is 20.1 Å². The molecule has 0 aliphatic heterocycles. The summed E-state index contributed by atoms with van der Waals surface area (Å²) in [4.78, 5) is 7.99. The van der Waals surface area contributed by atoms with Gasteiger partial charge in [0.2, 0.25) is 5.88 Å². The Hall–Kier alpha value is -2.97. The van der Waals surface area contributed by atoms with Crippen molar-refractivity contribution >= 4 is 5.96 Å². The van der Waals surface area contributed by atoms with E-state index >= 15 is 0 Å². The van der Waals surface area contributed by atoms with Crippen molar-refractivity contribution in [3.8, 4) is 11.6 Å². The van der Waals surface area contributed by atoms with Crippen LogP contribution in [0.15, 0.2) is 47.6 Å². The van der Waals surface area contributed by atoms with E-state index < -0.39 is 12.8 Å². The standard InChI is InChI=1S/C19H23F3N4O2/c1-3-27-16-9-5-4-7-14(16)11-25-18(23-2)26-12-15-8-6-10-24-17(15)28-13-19(20,21)22/h4-10H,3,11-13H2,1-2H3,(H2,23,25,26). The Labute approximate surface area is 161 Å². The van der Waals surface area contributed by atoms with E-state index in [1.807, 2.05) is 31.2 Å². The molecule has 1 aromatic carbocycles. The van der Waals surface area contributed by atoms with Crippen LogP contribution in [0.1, 0.15) is 18.1 Å². The Morgan fingerprint density at radius 2 is 1.71 bits per heavy atom. The molecular weight excluding hydrogens is 373 g/mol. The predicted molar refractivity (Wildman–Crippen MR) is 100 cm³/mol. The number of hydrogen-bond acceptors (Lipinski definition) is 4. The van der Waals surface area contributed by atoms with Crippen LogP contribution in [0.5, 0.6) is 11.6 Å². The van der Waals surface area contributed by atoms with Gasteiger partial charge in [-0.2, -0.15) is 13.2 Å². The second-order valence-corrected chi connectivity index (χ2v) is 5.69. The van der Waals surface area contributed by atoms with Crippen LogP contribution in [0.4, 0.5) is 13.2 Å². The fourth-order valence-corrected chi connectivity index (χ4v) is 2.36. The van der Waals surface area contributed by atoms with Gasteiger partial charge in [-0.05, 0) is 19.1 Å². The third-order valence-corrected chi connectivity index (χ3v) is 3.61. The number of hydrogen-bond donors (Lipinski definition) is 2. The number of para-hydroxylation sites is 1. The average Bonchev–Trinajstić information content (AvgIpc) is 2.68. The van der Waals surface area contributed by atoms with E-state index in [9.17, 15) is 13.2 Å². The van der Waals surface area contributed by atoms with Crippen molar-refractivity contribution < 1.29 is 22.6 Å². The number of nitrogens with zero attached hydrogens (tertiary/aromatic N) is 2. The second kappa shape index (κ2) is 10.4. The van der Waals surface area contributed by atoms with Gasteiger partial charge in [0.1, 0.15) is 5.75 Å². The number of alkyl halides is 3. The lowest BCUT2D eigenvalue weighted by molar-refractivity contribution is -0.154. The molecule has 0 amide bonds. The maximum Gasteiger partial charge on any atom is 0.422 e. The summed E-state index contributed by atoms with van der Waals surface area (Å²) in [7, 11) is 1.61. The molecule has 9 heteroatoms. The fraction of sp³-hybridized carbons (Fsp3) is 0.368. The normalized spacial score (nSPS) is 11.8. The number of ether oxygens (including phenoxy) is 2. The van der Waals surface area contributed by atoms with Gasteiger partial charge in [-0.3, -0.25) is 4.99 Å². The van der Waals surface area contributed by atoms with Gasteiger partial charge < -0.3 is 20.1 Å². The van der Waals surface area contributed by atoms with Crippen LogP contribution in [-0.2, 0) is 13.1 Å². The van der Waals surface area contributed by atoms with Crippen molar-refractivity contribution in [2.24, 2.45) is 4.99 Å². The first-order valence-corrected chi connectivity index (χ1v) is 8.71. The van der Waals surface area contributed by atoms with Gasteiger partial charge in [0, 0.05) is 37.5 Å². The third-order valence-electron chi connectivity index (χ3n) is 3.61. The highest BCUT2D eigenvalue weighted by Gasteiger charge is 2.29. The van der Waals surface area contributed by atoms with Gasteiger partial charge in [-0.15, -0.1) is 0 Å². The molecule has 6 nitrogen and oxygen atoms in total. The summed E-state index contributed by atoms with van der Waals surface area (Å²) < 4.78 is 47.5. The zero-order valence-electron chi connectivity index (χ0n) is 15.7. The number of pyridine rings is 1. The first kappa shape index (κ1) is 21.3. The molecule has 0 radical (unpaired) electrons. The number of benzene rings is 1. The summed E-state index contributed by atoms with van der Waals surface area (Å²) in [6.07, 6.45) is -3.04. The maximum absolute atomic E-state index is 12.4. The van der Waals surface area contributed by atoms with E-state index in [1.165, 1.54) is 6.20 Å². The molecule has 0 saturated heterocycles. The van der Waals surface area contributed by atoms with Crippen molar-refractivity contribution in [1.29, 1.82) is 0 Å².